The number of ether oxygens (including phenoxy) is 1. The lowest BCUT2D eigenvalue weighted by Crippen LogP contribution is -2.39. The molecule has 1 heterocycles. The maximum Gasteiger partial charge on any atom is 0.331 e. The number of carbonyl (C=O) groups is 1. The lowest BCUT2D eigenvalue weighted by atomic mass is 10.2. The zero-order chi connectivity index (χ0) is 17.6. The molecule has 130 valence electrons. The first-order chi connectivity index (χ1) is 12.2. The molecule has 1 aliphatic rings. The van der Waals surface area contributed by atoms with Crippen LogP contribution in [-0.2, 0) is 0 Å². The molecule has 3 rings (SSSR count). The van der Waals surface area contributed by atoms with Crippen molar-refractivity contribution in [3.8, 4) is 5.75 Å². The van der Waals surface area contributed by atoms with Crippen LogP contribution in [0.3, 0.4) is 0 Å². The molecular weight excluding hydrogens is 338 g/mol. The molecule has 6 heteroatoms. The third-order valence-corrected chi connectivity index (χ3v) is 4.07. The predicted molar refractivity (Wildman–Crippen MR) is 102 cm³/mol. The summed E-state index contributed by atoms with van der Waals surface area (Å²) in [5.41, 5.74) is 1.44. The summed E-state index contributed by atoms with van der Waals surface area (Å²) in [5.74, 6) is 1.55. The van der Waals surface area contributed by atoms with E-state index in [1.54, 1.807) is 29.2 Å². The molecule has 5 nitrogen and oxygen atoms in total. The molecule has 1 aliphatic heterocycles. The van der Waals surface area contributed by atoms with Gasteiger partial charge in [0.2, 0.25) is 0 Å². The minimum Gasteiger partial charge on any atom is -0.494 e. The van der Waals surface area contributed by atoms with Crippen molar-refractivity contribution < 1.29 is 9.53 Å². The minimum atomic E-state index is -0.243. The van der Waals surface area contributed by atoms with E-state index in [2.05, 4.69) is 10.3 Å². The second kappa shape index (κ2) is 8.03. The van der Waals surface area contributed by atoms with E-state index in [9.17, 15) is 4.79 Å². The SMILES string of the molecule is CCOc1ccc(N(C(=O)Nc2ccc(Cl)cc2)C2=NCCC2)cc1. The highest BCUT2D eigenvalue weighted by Crippen LogP contribution is 2.24. The van der Waals surface area contributed by atoms with Gasteiger partial charge in [0.05, 0.1) is 12.3 Å². The van der Waals surface area contributed by atoms with Crippen LogP contribution in [-0.4, -0.2) is 25.0 Å². The Balaban J connectivity index is 1.83. The molecule has 25 heavy (non-hydrogen) atoms. The third-order valence-electron chi connectivity index (χ3n) is 3.82. The number of carbonyl (C=O) groups excluding carboxylic acids is 1. The van der Waals surface area contributed by atoms with Crippen LogP contribution in [0.5, 0.6) is 5.75 Å². The quantitative estimate of drug-likeness (QED) is 0.839. The Morgan fingerprint density at radius 2 is 1.92 bits per heavy atom. The van der Waals surface area contributed by atoms with Gasteiger partial charge in [0.15, 0.2) is 0 Å². The molecule has 0 spiro atoms. The summed E-state index contributed by atoms with van der Waals surface area (Å²) < 4.78 is 5.47. The molecule has 0 aliphatic carbocycles. The van der Waals surface area contributed by atoms with Gasteiger partial charge in [0, 0.05) is 23.7 Å². The van der Waals surface area contributed by atoms with Gasteiger partial charge in [0.1, 0.15) is 11.6 Å². The number of nitrogens with one attached hydrogen (secondary N) is 1. The number of amidine groups is 1. The zero-order valence-electron chi connectivity index (χ0n) is 14.0. The van der Waals surface area contributed by atoms with Crippen LogP contribution in [0.15, 0.2) is 53.5 Å². The van der Waals surface area contributed by atoms with E-state index < -0.39 is 0 Å². The standard InChI is InChI=1S/C19H20ClN3O2/c1-2-25-17-11-9-16(10-12-17)23(18-4-3-13-21-18)19(24)22-15-7-5-14(20)6-8-15/h5-12H,2-4,13H2,1H3,(H,22,24). The highest BCUT2D eigenvalue weighted by Gasteiger charge is 2.23. The fourth-order valence-electron chi connectivity index (χ4n) is 2.66. The first kappa shape index (κ1) is 17.3. The number of amides is 2. The average molecular weight is 358 g/mol. The van der Waals surface area contributed by atoms with Gasteiger partial charge in [-0.1, -0.05) is 11.6 Å². The largest absolute Gasteiger partial charge is 0.494 e. The van der Waals surface area contributed by atoms with Gasteiger partial charge < -0.3 is 10.1 Å². The second-order valence-electron chi connectivity index (χ2n) is 5.60. The normalized spacial score (nSPS) is 13.3. The van der Waals surface area contributed by atoms with Crippen LogP contribution < -0.4 is 15.0 Å². The van der Waals surface area contributed by atoms with E-state index in [1.165, 1.54) is 0 Å². The van der Waals surface area contributed by atoms with Crippen molar-refractivity contribution >= 4 is 34.8 Å². The molecule has 2 aromatic carbocycles. The molecule has 0 fully saturated rings. The highest BCUT2D eigenvalue weighted by molar-refractivity contribution is 6.30. The molecule has 2 amide bonds. The summed E-state index contributed by atoms with van der Waals surface area (Å²) in [6.07, 6.45) is 1.73. The number of rotatable bonds is 4. The molecule has 0 saturated heterocycles. The Labute approximate surface area is 152 Å². The molecule has 0 atom stereocenters. The Morgan fingerprint density at radius 3 is 2.52 bits per heavy atom. The van der Waals surface area contributed by atoms with Crippen molar-refractivity contribution in [1.82, 2.24) is 0 Å². The number of nitrogens with zero attached hydrogens (tertiary/aromatic N) is 2. The van der Waals surface area contributed by atoms with Crippen LogP contribution in [0.2, 0.25) is 5.02 Å². The lowest BCUT2D eigenvalue weighted by Gasteiger charge is -2.23. The zero-order valence-corrected chi connectivity index (χ0v) is 14.8. The summed E-state index contributed by atoms with van der Waals surface area (Å²) in [6, 6.07) is 14.2. The molecule has 0 bridgehead atoms. The van der Waals surface area contributed by atoms with Crippen molar-refractivity contribution in [3.63, 3.8) is 0 Å². The minimum absolute atomic E-state index is 0.243. The fourth-order valence-corrected chi connectivity index (χ4v) is 2.79. The van der Waals surface area contributed by atoms with Crippen molar-refractivity contribution in [3.05, 3.63) is 53.6 Å². The van der Waals surface area contributed by atoms with Gasteiger partial charge in [-0.3, -0.25) is 9.89 Å². The van der Waals surface area contributed by atoms with E-state index in [-0.39, 0.29) is 6.03 Å². The smallest absolute Gasteiger partial charge is 0.331 e. The summed E-state index contributed by atoms with van der Waals surface area (Å²) in [6.45, 7) is 3.29. The van der Waals surface area contributed by atoms with Crippen LogP contribution in [0.1, 0.15) is 19.8 Å². The molecule has 1 N–H and O–H groups in total. The van der Waals surface area contributed by atoms with E-state index >= 15 is 0 Å². The Kier molecular flexibility index (Phi) is 5.56. The number of halogens is 1. The highest BCUT2D eigenvalue weighted by atomic mass is 35.5. The number of urea groups is 1. The van der Waals surface area contributed by atoms with E-state index in [0.29, 0.717) is 17.3 Å². The molecule has 2 aromatic rings. The number of anilines is 2. The van der Waals surface area contributed by atoms with Crippen molar-refractivity contribution in [1.29, 1.82) is 0 Å². The Hall–Kier alpha value is -2.53. The van der Waals surface area contributed by atoms with Crippen molar-refractivity contribution in [2.75, 3.05) is 23.4 Å². The maximum atomic E-state index is 12.9. The van der Waals surface area contributed by atoms with E-state index in [0.717, 1.165) is 36.7 Å². The molecule has 0 saturated carbocycles. The van der Waals surface area contributed by atoms with Gasteiger partial charge in [-0.15, -0.1) is 0 Å². The maximum absolute atomic E-state index is 12.9. The van der Waals surface area contributed by atoms with Gasteiger partial charge in [-0.2, -0.15) is 0 Å². The number of benzene rings is 2. The first-order valence-corrected chi connectivity index (χ1v) is 8.68. The van der Waals surface area contributed by atoms with Crippen molar-refractivity contribution in [2.45, 2.75) is 19.8 Å². The van der Waals surface area contributed by atoms with Crippen LogP contribution in [0.25, 0.3) is 0 Å². The van der Waals surface area contributed by atoms with Crippen LogP contribution >= 0.6 is 11.6 Å². The number of aliphatic imine (C=N–C) groups is 1. The predicted octanol–water partition coefficient (Wildman–Crippen LogP) is 4.97. The molecule has 0 radical (unpaired) electrons. The molecule has 0 aromatic heterocycles. The van der Waals surface area contributed by atoms with E-state index in [4.69, 9.17) is 16.3 Å². The number of hydrogen-bond acceptors (Lipinski definition) is 3. The van der Waals surface area contributed by atoms with Crippen LogP contribution in [0, 0.1) is 0 Å². The lowest BCUT2D eigenvalue weighted by molar-refractivity contribution is 0.259. The van der Waals surface area contributed by atoms with E-state index in [1.807, 2.05) is 31.2 Å². The summed E-state index contributed by atoms with van der Waals surface area (Å²) in [4.78, 5) is 19.0. The Bertz CT molecular complexity index is 757. The number of hydrogen-bond donors (Lipinski definition) is 1. The molecule has 0 unspecified atom stereocenters. The van der Waals surface area contributed by atoms with Gasteiger partial charge in [0.25, 0.3) is 0 Å². The third kappa shape index (κ3) is 4.31. The summed E-state index contributed by atoms with van der Waals surface area (Å²) in [5, 5.41) is 3.53. The summed E-state index contributed by atoms with van der Waals surface area (Å²) >= 11 is 5.90. The first-order valence-electron chi connectivity index (χ1n) is 8.30. The monoisotopic (exact) mass is 357 g/mol. The molecular formula is C19H20ClN3O2. The topological polar surface area (TPSA) is 53.9 Å². The second-order valence-corrected chi connectivity index (χ2v) is 6.04. The Morgan fingerprint density at radius 1 is 1.20 bits per heavy atom. The fraction of sp³-hybridized carbons (Fsp3) is 0.263. The van der Waals surface area contributed by atoms with Gasteiger partial charge >= 0.3 is 6.03 Å². The summed E-state index contributed by atoms with van der Waals surface area (Å²) in [7, 11) is 0. The van der Waals surface area contributed by atoms with Crippen molar-refractivity contribution in [2.24, 2.45) is 4.99 Å². The average Bonchev–Trinajstić information content (AvgIpc) is 3.13. The van der Waals surface area contributed by atoms with Crippen LogP contribution in [0.4, 0.5) is 16.2 Å². The van der Waals surface area contributed by atoms with Gasteiger partial charge in [-0.05, 0) is 61.9 Å². The van der Waals surface area contributed by atoms with Gasteiger partial charge in [-0.25, -0.2) is 4.79 Å².